The Morgan fingerprint density at radius 1 is 1.55 bits per heavy atom. The summed E-state index contributed by atoms with van der Waals surface area (Å²) in [5.41, 5.74) is 6.09. The minimum absolute atomic E-state index is 0.0681. The van der Waals surface area contributed by atoms with Crippen LogP contribution in [0.2, 0.25) is 0 Å². The van der Waals surface area contributed by atoms with Crippen LogP contribution in [0.25, 0.3) is 0 Å². The lowest BCUT2D eigenvalue weighted by molar-refractivity contribution is 0.0214. The minimum Gasteiger partial charge on any atom is -0.462 e. The Balaban J connectivity index is 2.58. The number of carbonyl (C=O) groups excluding carboxylic acids is 1. The maximum absolute atomic E-state index is 11.9. The van der Waals surface area contributed by atoms with E-state index >= 15 is 0 Å². The second-order valence-corrected chi connectivity index (χ2v) is 3.78. The lowest BCUT2D eigenvalue weighted by atomic mass is 10.2. The normalized spacial score (nSPS) is 10.6. The number of nitrogens with two attached hydrogens (primary N) is 1. The van der Waals surface area contributed by atoms with Crippen LogP contribution in [0.15, 0.2) is 12.3 Å². The van der Waals surface area contributed by atoms with Gasteiger partial charge in [-0.3, -0.25) is 0 Å². The highest BCUT2D eigenvalue weighted by Gasteiger charge is 2.14. The summed E-state index contributed by atoms with van der Waals surface area (Å²) in [7, 11) is 0. The summed E-state index contributed by atoms with van der Waals surface area (Å²) in [5, 5.41) is 2.82. The summed E-state index contributed by atoms with van der Waals surface area (Å²) in [5.74, 6) is -0.276. The fourth-order valence-electron chi connectivity index (χ4n) is 1.40. The fraction of sp³-hybridized carbons (Fsp3) is 0.500. The van der Waals surface area contributed by atoms with Gasteiger partial charge in [0.1, 0.15) is 18.0 Å². The molecule has 6 nitrogen and oxygen atoms in total. The number of alkyl halides is 2. The van der Waals surface area contributed by atoms with Crippen molar-refractivity contribution in [2.45, 2.75) is 13.3 Å². The zero-order valence-electron chi connectivity index (χ0n) is 11.1. The number of aromatic nitrogens is 1. The molecule has 0 spiro atoms. The number of nitrogen functional groups attached to an aromatic ring is 1. The molecule has 0 bridgehead atoms. The number of hydrogen-bond donors (Lipinski definition) is 2. The van der Waals surface area contributed by atoms with Gasteiger partial charge in [-0.25, -0.2) is 18.6 Å². The van der Waals surface area contributed by atoms with Crippen molar-refractivity contribution in [3.8, 4) is 0 Å². The first-order valence-electron chi connectivity index (χ1n) is 6.07. The van der Waals surface area contributed by atoms with Gasteiger partial charge in [0.15, 0.2) is 0 Å². The molecular formula is C12H17F2N3O3. The van der Waals surface area contributed by atoms with Crippen LogP contribution in [0.5, 0.6) is 0 Å². The molecule has 3 N–H and O–H groups in total. The second-order valence-electron chi connectivity index (χ2n) is 3.78. The zero-order chi connectivity index (χ0) is 15.0. The highest BCUT2D eigenvalue weighted by atomic mass is 19.3. The molecule has 0 fully saturated rings. The van der Waals surface area contributed by atoms with Crippen LogP contribution in [-0.4, -0.2) is 43.7 Å². The number of nitrogens with one attached hydrogen (secondary N) is 1. The van der Waals surface area contributed by atoms with Crippen LogP contribution < -0.4 is 11.1 Å². The molecule has 0 aliphatic heterocycles. The van der Waals surface area contributed by atoms with Crippen molar-refractivity contribution in [2.75, 3.05) is 37.4 Å². The van der Waals surface area contributed by atoms with Crippen molar-refractivity contribution in [1.29, 1.82) is 0 Å². The molecule has 1 aromatic rings. The molecule has 0 saturated carbocycles. The molecule has 0 saturated heterocycles. The van der Waals surface area contributed by atoms with Crippen LogP contribution in [0, 0.1) is 0 Å². The number of esters is 1. The van der Waals surface area contributed by atoms with Crippen LogP contribution in [0.4, 0.5) is 20.3 Å². The maximum Gasteiger partial charge on any atom is 0.341 e. The average molecular weight is 289 g/mol. The van der Waals surface area contributed by atoms with Gasteiger partial charge in [-0.2, -0.15) is 0 Å². The number of nitrogens with zero attached hydrogens (tertiary/aromatic N) is 1. The van der Waals surface area contributed by atoms with Crippen molar-refractivity contribution in [3.05, 3.63) is 17.8 Å². The average Bonchev–Trinajstić information content (AvgIpc) is 2.39. The highest BCUT2D eigenvalue weighted by molar-refractivity contribution is 5.95. The maximum atomic E-state index is 11.9. The second kappa shape index (κ2) is 8.26. The van der Waals surface area contributed by atoms with Crippen molar-refractivity contribution in [1.82, 2.24) is 4.98 Å². The van der Waals surface area contributed by atoms with E-state index < -0.39 is 19.0 Å². The van der Waals surface area contributed by atoms with E-state index in [9.17, 15) is 13.6 Å². The molecule has 0 aliphatic rings. The number of carbonyl (C=O) groups is 1. The number of pyridine rings is 1. The first-order valence-corrected chi connectivity index (χ1v) is 6.07. The summed E-state index contributed by atoms with van der Waals surface area (Å²) in [6, 6.07) is 1.44. The quantitative estimate of drug-likeness (QED) is 0.557. The molecule has 0 aliphatic carbocycles. The molecule has 1 heterocycles. The highest BCUT2D eigenvalue weighted by Crippen LogP contribution is 2.16. The predicted molar refractivity (Wildman–Crippen MR) is 69.9 cm³/mol. The number of halogens is 2. The first kappa shape index (κ1) is 16.1. The van der Waals surface area contributed by atoms with Crippen molar-refractivity contribution >= 4 is 17.5 Å². The van der Waals surface area contributed by atoms with Crippen LogP contribution >= 0.6 is 0 Å². The van der Waals surface area contributed by atoms with Gasteiger partial charge in [-0.15, -0.1) is 0 Å². The number of ether oxygens (including phenoxy) is 2. The third kappa shape index (κ3) is 5.35. The molecule has 8 heteroatoms. The van der Waals surface area contributed by atoms with E-state index in [1.807, 2.05) is 0 Å². The van der Waals surface area contributed by atoms with E-state index in [2.05, 4.69) is 10.3 Å². The standard InChI is InChI=1S/C12H17F2N3O3/c1-2-20-12(18)9-5-8(15)6-17-11(9)16-3-4-19-7-10(13)14/h5-6,10H,2-4,7,15H2,1H3,(H,16,17). The van der Waals surface area contributed by atoms with Crippen LogP contribution in [0.1, 0.15) is 17.3 Å². The largest absolute Gasteiger partial charge is 0.462 e. The summed E-state index contributed by atoms with van der Waals surface area (Å²) in [6.45, 7) is 1.59. The summed E-state index contributed by atoms with van der Waals surface area (Å²) in [6.07, 6.45) is -1.12. The Morgan fingerprint density at radius 3 is 2.95 bits per heavy atom. The number of anilines is 2. The minimum atomic E-state index is -2.50. The predicted octanol–water partition coefficient (Wildman–Crippen LogP) is 1.53. The van der Waals surface area contributed by atoms with Gasteiger partial charge >= 0.3 is 5.97 Å². The molecular weight excluding hydrogens is 272 g/mol. The van der Waals surface area contributed by atoms with Crippen LogP contribution in [0.3, 0.4) is 0 Å². The smallest absolute Gasteiger partial charge is 0.341 e. The van der Waals surface area contributed by atoms with Crippen molar-refractivity contribution < 1.29 is 23.0 Å². The lowest BCUT2D eigenvalue weighted by Crippen LogP contribution is -2.17. The number of rotatable bonds is 8. The molecule has 0 unspecified atom stereocenters. The van der Waals surface area contributed by atoms with Gasteiger partial charge in [0.05, 0.1) is 25.1 Å². The molecule has 20 heavy (non-hydrogen) atoms. The Kier molecular flexibility index (Phi) is 6.65. The van der Waals surface area contributed by atoms with E-state index in [0.29, 0.717) is 5.69 Å². The molecule has 1 aromatic heterocycles. The van der Waals surface area contributed by atoms with Gasteiger partial charge in [-0.05, 0) is 13.0 Å². The zero-order valence-corrected chi connectivity index (χ0v) is 11.1. The van der Waals surface area contributed by atoms with Gasteiger partial charge in [-0.1, -0.05) is 0 Å². The van der Waals surface area contributed by atoms with Gasteiger partial charge < -0.3 is 20.5 Å². The van der Waals surface area contributed by atoms with E-state index in [-0.39, 0.29) is 31.1 Å². The monoisotopic (exact) mass is 289 g/mol. The molecule has 0 atom stereocenters. The molecule has 0 radical (unpaired) electrons. The van der Waals surface area contributed by atoms with Gasteiger partial charge in [0, 0.05) is 6.54 Å². The van der Waals surface area contributed by atoms with Gasteiger partial charge in [0.2, 0.25) is 0 Å². The first-order chi connectivity index (χ1) is 9.54. The Labute approximate surface area is 115 Å². The third-order valence-corrected chi connectivity index (χ3v) is 2.19. The molecule has 0 amide bonds. The van der Waals surface area contributed by atoms with Crippen molar-refractivity contribution in [2.24, 2.45) is 0 Å². The van der Waals surface area contributed by atoms with Crippen LogP contribution in [-0.2, 0) is 9.47 Å². The van der Waals surface area contributed by atoms with E-state index in [4.69, 9.17) is 15.2 Å². The lowest BCUT2D eigenvalue weighted by Gasteiger charge is -2.11. The third-order valence-electron chi connectivity index (χ3n) is 2.19. The summed E-state index contributed by atoms with van der Waals surface area (Å²) >= 11 is 0. The molecule has 1 rings (SSSR count). The Hall–Kier alpha value is -1.96. The molecule has 112 valence electrons. The number of hydrogen-bond acceptors (Lipinski definition) is 6. The summed E-state index contributed by atoms with van der Waals surface area (Å²) in [4.78, 5) is 15.7. The summed E-state index contributed by atoms with van der Waals surface area (Å²) < 4.78 is 33.3. The SMILES string of the molecule is CCOC(=O)c1cc(N)cnc1NCCOCC(F)F. The molecule has 0 aromatic carbocycles. The fourth-order valence-corrected chi connectivity index (χ4v) is 1.40. The van der Waals surface area contributed by atoms with E-state index in [0.717, 1.165) is 0 Å². The topological polar surface area (TPSA) is 86.5 Å². The van der Waals surface area contributed by atoms with Gasteiger partial charge in [0.25, 0.3) is 6.43 Å². The Bertz CT molecular complexity index is 444. The van der Waals surface area contributed by atoms with E-state index in [1.54, 1.807) is 6.92 Å². The Morgan fingerprint density at radius 2 is 2.30 bits per heavy atom. The van der Waals surface area contributed by atoms with Crippen molar-refractivity contribution in [3.63, 3.8) is 0 Å². The van der Waals surface area contributed by atoms with E-state index in [1.165, 1.54) is 12.3 Å².